The lowest BCUT2D eigenvalue weighted by molar-refractivity contribution is -0.167. The second kappa shape index (κ2) is 5.62. The highest BCUT2D eigenvalue weighted by molar-refractivity contribution is 5.83. The molecule has 2 aliphatic carbocycles. The Balaban J connectivity index is 2.14. The van der Waals surface area contributed by atoms with Crippen molar-refractivity contribution in [2.75, 3.05) is 0 Å². The summed E-state index contributed by atoms with van der Waals surface area (Å²) in [5, 5.41) is 11.2. The molecule has 3 unspecified atom stereocenters. The summed E-state index contributed by atoms with van der Waals surface area (Å²) in [6.07, 6.45) is 6.95. The average molecular weight is 330 g/mol. The Morgan fingerprint density at radius 2 is 2.12 bits per heavy atom. The number of rotatable bonds is 2. The first-order chi connectivity index (χ1) is 11.2. The molecule has 0 spiro atoms. The van der Waals surface area contributed by atoms with Crippen molar-refractivity contribution in [2.45, 2.75) is 65.6 Å². The van der Waals surface area contributed by atoms with E-state index in [-0.39, 0.29) is 5.97 Å². The van der Waals surface area contributed by atoms with Crippen LogP contribution in [0.25, 0.3) is 0 Å². The Labute approximate surface area is 143 Å². The van der Waals surface area contributed by atoms with Crippen LogP contribution in [-0.2, 0) is 16.0 Å². The smallest absolute Gasteiger partial charge is 0.331 e. The zero-order chi connectivity index (χ0) is 17.7. The van der Waals surface area contributed by atoms with Gasteiger partial charge in [0.15, 0.2) is 0 Å². The van der Waals surface area contributed by atoms with Crippen molar-refractivity contribution in [3.05, 3.63) is 46.4 Å². The molecule has 2 aliphatic rings. The molecule has 4 nitrogen and oxygen atoms in total. The third-order valence-electron chi connectivity index (χ3n) is 5.69. The van der Waals surface area contributed by atoms with E-state index < -0.39 is 17.1 Å². The quantitative estimate of drug-likeness (QED) is 0.502. The number of furan rings is 1. The highest BCUT2D eigenvalue weighted by Gasteiger charge is 2.58. The molecule has 0 aromatic carbocycles. The monoisotopic (exact) mass is 330 g/mol. The van der Waals surface area contributed by atoms with Crippen molar-refractivity contribution in [1.82, 2.24) is 0 Å². The van der Waals surface area contributed by atoms with Crippen molar-refractivity contribution in [1.29, 1.82) is 0 Å². The standard InChI is InChI=1S/C20H26O4/c1-12(2)9-16(21)24-18-17-13(3)11-23-15(17)10-14-7-6-8-19(4,22)20(14,18)5/h7,9,11,18,22H,6,8,10H2,1-5H3. The molecule has 0 radical (unpaired) electrons. The highest BCUT2D eigenvalue weighted by atomic mass is 16.5. The molecule has 0 aliphatic heterocycles. The summed E-state index contributed by atoms with van der Waals surface area (Å²) in [4.78, 5) is 12.4. The molecule has 24 heavy (non-hydrogen) atoms. The predicted octanol–water partition coefficient (Wildman–Crippen LogP) is 4.17. The fourth-order valence-electron chi connectivity index (χ4n) is 4.07. The van der Waals surface area contributed by atoms with Gasteiger partial charge in [-0.05, 0) is 53.0 Å². The Morgan fingerprint density at radius 3 is 2.79 bits per heavy atom. The van der Waals surface area contributed by atoms with E-state index in [2.05, 4.69) is 6.08 Å². The summed E-state index contributed by atoms with van der Waals surface area (Å²) in [6, 6.07) is 0. The number of aryl methyl sites for hydroxylation is 1. The maximum Gasteiger partial charge on any atom is 0.331 e. The van der Waals surface area contributed by atoms with Gasteiger partial charge in [-0.2, -0.15) is 0 Å². The van der Waals surface area contributed by atoms with E-state index in [4.69, 9.17) is 9.15 Å². The van der Waals surface area contributed by atoms with Crippen LogP contribution in [0.4, 0.5) is 0 Å². The van der Waals surface area contributed by atoms with Gasteiger partial charge in [-0.3, -0.25) is 0 Å². The molecule has 0 saturated heterocycles. The van der Waals surface area contributed by atoms with E-state index in [1.807, 2.05) is 34.6 Å². The number of allylic oxidation sites excluding steroid dienone is 2. The van der Waals surface area contributed by atoms with Gasteiger partial charge in [0.05, 0.1) is 17.3 Å². The molecule has 0 bridgehead atoms. The molecule has 1 N–H and O–H groups in total. The average Bonchev–Trinajstić information content (AvgIpc) is 2.81. The zero-order valence-corrected chi connectivity index (χ0v) is 15.1. The number of fused-ring (bicyclic) bond motifs is 2. The van der Waals surface area contributed by atoms with Crippen LogP contribution in [0.5, 0.6) is 0 Å². The molecule has 4 heteroatoms. The van der Waals surface area contributed by atoms with Crippen LogP contribution in [0.1, 0.15) is 63.5 Å². The van der Waals surface area contributed by atoms with Gasteiger partial charge in [-0.1, -0.05) is 17.2 Å². The Kier molecular flexibility index (Phi) is 3.99. The molecule has 3 rings (SSSR count). The summed E-state index contributed by atoms with van der Waals surface area (Å²) in [6.45, 7) is 9.54. The molecule has 0 amide bonds. The molecular weight excluding hydrogens is 304 g/mol. The van der Waals surface area contributed by atoms with Crippen molar-refractivity contribution in [3.8, 4) is 0 Å². The largest absolute Gasteiger partial charge is 0.468 e. The van der Waals surface area contributed by atoms with Gasteiger partial charge in [0.25, 0.3) is 0 Å². The van der Waals surface area contributed by atoms with Crippen molar-refractivity contribution < 1.29 is 19.1 Å². The Morgan fingerprint density at radius 1 is 1.42 bits per heavy atom. The fourth-order valence-corrected chi connectivity index (χ4v) is 4.07. The molecule has 130 valence electrons. The van der Waals surface area contributed by atoms with Crippen molar-refractivity contribution >= 4 is 5.97 Å². The predicted molar refractivity (Wildman–Crippen MR) is 91.5 cm³/mol. The molecular formula is C20H26O4. The maximum absolute atomic E-state index is 12.4. The molecule has 3 atom stereocenters. The number of hydrogen-bond acceptors (Lipinski definition) is 4. The molecule has 0 fully saturated rings. The van der Waals surface area contributed by atoms with Crippen LogP contribution in [0.2, 0.25) is 0 Å². The minimum atomic E-state index is -0.950. The van der Waals surface area contributed by atoms with Crippen LogP contribution in [0.3, 0.4) is 0 Å². The summed E-state index contributed by atoms with van der Waals surface area (Å²) in [7, 11) is 0. The lowest BCUT2D eigenvalue weighted by Gasteiger charge is -2.52. The number of carbonyl (C=O) groups excluding carboxylic acids is 1. The molecule has 1 heterocycles. The topological polar surface area (TPSA) is 59.7 Å². The Hall–Kier alpha value is -1.81. The normalized spacial score (nSPS) is 31.6. The molecule has 1 aromatic heterocycles. The van der Waals surface area contributed by atoms with Gasteiger partial charge in [0.1, 0.15) is 11.9 Å². The summed E-state index contributed by atoms with van der Waals surface area (Å²) >= 11 is 0. The fraction of sp³-hybridized carbons (Fsp3) is 0.550. The first-order valence-electron chi connectivity index (χ1n) is 8.51. The third kappa shape index (κ3) is 2.44. The minimum absolute atomic E-state index is 0.379. The third-order valence-corrected chi connectivity index (χ3v) is 5.69. The summed E-state index contributed by atoms with van der Waals surface area (Å²) in [5.41, 5.74) is 2.24. The van der Waals surface area contributed by atoms with Gasteiger partial charge in [-0.25, -0.2) is 4.79 Å². The number of carbonyl (C=O) groups is 1. The Bertz CT molecular complexity index is 731. The second-order valence-electron chi connectivity index (χ2n) is 7.72. The van der Waals surface area contributed by atoms with E-state index in [1.165, 1.54) is 6.08 Å². The van der Waals surface area contributed by atoms with E-state index >= 15 is 0 Å². The molecule has 1 aromatic rings. The highest BCUT2D eigenvalue weighted by Crippen LogP contribution is 2.59. The van der Waals surface area contributed by atoms with Crippen LogP contribution < -0.4 is 0 Å². The van der Waals surface area contributed by atoms with Crippen LogP contribution >= 0.6 is 0 Å². The first kappa shape index (κ1) is 17.0. The number of ether oxygens (including phenoxy) is 1. The zero-order valence-electron chi connectivity index (χ0n) is 15.1. The summed E-state index contributed by atoms with van der Waals surface area (Å²) in [5.74, 6) is 0.458. The lowest BCUT2D eigenvalue weighted by atomic mass is 9.56. The van der Waals surface area contributed by atoms with E-state index in [9.17, 15) is 9.90 Å². The maximum atomic E-state index is 12.4. The number of esters is 1. The van der Waals surface area contributed by atoms with Gasteiger partial charge in [0.2, 0.25) is 0 Å². The van der Waals surface area contributed by atoms with Gasteiger partial charge < -0.3 is 14.3 Å². The summed E-state index contributed by atoms with van der Waals surface area (Å²) < 4.78 is 11.6. The van der Waals surface area contributed by atoms with Crippen LogP contribution in [0.15, 0.2) is 34.0 Å². The number of hydrogen-bond donors (Lipinski definition) is 1. The lowest BCUT2D eigenvalue weighted by Crippen LogP contribution is -2.53. The van der Waals surface area contributed by atoms with E-state index in [1.54, 1.807) is 6.26 Å². The second-order valence-corrected chi connectivity index (χ2v) is 7.72. The molecule has 0 saturated carbocycles. The van der Waals surface area contributed by atoms with Gasteiger partial charge in [0, 0.05) is 18.1 Å². The van der Waals surface area contributed by atoms with E-state index in [0.29, 0.717) is 12.8 Å². The SMILES string of the molecule is CC(C)=CC(=O)OC1c2c(C)coc2CC2=CCCC(C)(O)C21C. The first-order valence-corrected chi connectivity index (χ1v) is 8.51. The van der Waals surface area contributed by atoms with Crippen molar-refractivity contribution in [3.63, 3.8) is 0 Å². The van der Waals surface area contributed by atoms with Crippen LogP contribution in [-0.4, -0.2) is 16.7 Å². The van der Waals surface area contributed by atoms with Gasteiger partial charge >= 0.3 is 5.97 Å². The van der Waals surface area contributed by atoms with E-state index in [0.717, 1.165) is 34.5 Å². The minimum Gasteiger partial charge on any atom is -0.468 e. The van der Waals surface area contributed by atoms with Crippen molar-refractivity contribution in [2.24, 2.45) is 5.41 Å². The van der Waals surface area contributed by atoms with Gasteiger partial charge in [-0.15, -0.1) is 0 Å². The van der Waals surface area contributed by atoms with Crippen LogP contribution in [0, 0.1) is 12.3 Å². The number of aliphatic hydroxyl groups is 1.